The van der Waals surface area contributed by atoms with E-state index in [-0.39, 0.29) is 11.1 Å². The molecular weight excluding hydrogens is 1020 g/mol. The summed E-state index contributed by atoms with van der Waals surface area (Å²) in [6.07, 6.45) is 5.31. The SMILES string of the molecule is CN1CCNCC1.COc1ccc2c(=O)[nH]cc(Br)c2c1.COc1ccc2c(=O)[nH]cc(N3CCN(C)CC3)c2c1.COc1ccc2c(Cl)ncc(N3CCN(C)CC3)c2c1.O=P(Cl)(Cl)Cl. The monoisotopic (exact) mass is 1070 g/mol. The molecule has 3 saturated heterocycles. The quantitative estimate of drug-likeness (QED) is 0.112. The number of rotatable bonds is 5. The number of ether oxygens (including phenoxy) is 3. The number of benzene rings is 3. The van der Waals surface area contributed by atoms with Crippen LogP contribution in [0.4, 0.5) is 11.4 Å². The summed E-state index contributed by atoms with van der Waals surface area (Å²) in [5, 5.41) is 5.85. The van der Waals surface area contributed by atoms with Gasteiger partial charge in [0.25, 0.3) is 11.1 Å². The van der Waals surface area contributed by atoms with Gasteiger partial charge in [0.1, 0.15) is 22.4 Å². The van der Waals surface area contributed by atoms with Crippen molar-refractivity contribution >= 4 is 110 Å². The van der Waals surface area contributed by atoms with Crippen molar-refractivity contribution in [2.75, 3.05) is 131 Å². The number of methoxy groups -OCH3 is 3. The Morgan fingerprint density at radius 1 is 0.576 bits per heavy atom. The van der Waals surface area contributed by atoms with E-state index < -0.39 is 5.20 Å². The molecule has 0 unspecified atom stereocenters. The first-order valence-corrected chi connectivity index (χ1v) is 26.7. The number of aromatic nitrogens is 3. The molecule has 0 aliphatic carbocycles. The molecule has 3 aliphatic heterocycles. The summed E-state index contributed by atoms with van der Waals surface area (Å²) in [4.78, 5) is 44.8. The summed E-state index contributed by atoms with van der Waals surface area (Å²) < 4.78 is 26.1. The van der Waals surface area contributed by atoms with Gasteiger partial charge in [-0.2, -0.15) is 0 Å². The van der Waals surface area contributed by atoms with Crippen LogP contribution in [0.5, 0.6) is 17.2 Å². The Balaban J connectivity index is 0.000000167. The van der Waals surface area contributed by atoms with E-state index in [1.54, 1.807) is 39.7 Å². The fraction of sp³-hybridized carbons (Fsp3) is 0.400. The summed E-state index contributed by atoms with van der Waals surface area (Å²) in [5.74, 6) is 2.36. The van der Waals surface area contributed by atoms with E-state index in [4.69, 9.17) is 25.8 Å². The molecule has 0 bridgehead atoms. The van der Waals surface area contributed by atoms with Gasteiger partial charge < -0.3 is 54.0 Å². The number of nitrogens with one attached hydrogen (secondary N) is 3. The highest BCUT2D eigenvalue weighted by Gasteiger charge is 2.19. The van der Waals surface area contributed by atoms with Crippen LogP contribution >= 0.6 is 66.5 Å². The van der Waals surface area contributed by atoms with Crippen LogP contribution in [0, 0.1) is 0 Å². The van der Waals surface area contributed by atoms with Gasteiger partial charge in [-0.1, -0.05) is 11.6 Å². The van der Waals surface area contributed by atoms with E-state index >= 15 is 0 Å². The minimum absolute atomic E-state index is 0.0551. The van der Waals surface area contributed by atoms with E-state index in [9.17, 15) is 14.2 Å². The number of fused-ring (bicyclic) bond motifs is 3. The van der Waals surface area contributed by atoms with Crippen molar-refractivity contribution in [1.82, 2.24) is 35.0 Å². The molecule has 0 radical (unpaired) electrons. The Morgan fingerprint density at radius 3 is 1.42 bits per heavy atom. The number of piperazine rings is 3. The third kappa shape index (κ3) is 15.6. The Morgan fingerprint density at radius 2 is 0.970 bits per heavy atom. The molecule has 3 fully saturated rings. The first kappa shape index (κ1) is 53.2. The van der Waals surface area contributed by atoms with Crippen molar-refractivity contribution in [2.45, 2.75) is 0 Å². The van der Waals surface area contributed by atoms with Gasteiger partial charge in [0, 0.05) is 128 Å². The van der Waals surface area contributed by atoms with E-state index in [1.165, 1.54) is 13.1 Å². The second kappa shape index (κ2) is 25.5. The maximum Gasteiger partial charge on any atom is 0.339 e. The van der Waals surface area contributed by atoms with Crippen molar-refractivity contribution < 1.29 is 18.8 Å². The maximum atomic E-state index is 11.9. The van der Waals surface area contributed by atoms with Crippen LogP contribution in [-0.4, -0.2) is 151 Å². The largest absolute Gasteiger partial charge is 0.497 e. The van der Waals surface area contributed by atoms with Crippen LogP contribution in [0.15, 0.2) is 87.2 Å². The second-order valence-electron chi connectivity index (χ2n) is 15.7. The zero-order valence-corrected chi connectivity index (χ0v) is 43.4. The van der Waals surface area contributed by atoms with Crippen LogP contribution in [0.25, 0.3) is 32.3 Å². The number of pyridine rings is 3. The molecule has 3 aliphatic rings. The average Bonchev–Trinajstić information content (AvgIpc) is 3.31. The van der Waals surface area contributed by atoms with Gasteiger partial charge >= 0.3 is 5.20 Å². The summed E-state index contributed by atoms with van der Waals surface area (Å²) >= 11 is 23.4. The van der Waals surface area contributed by atoms with Crippen molar-refractivity contribution in [1.29, 1.82) is 0 Å². The molecule has 66 heavy (non-hydrogen) atoms. The zero-order chi connectivity index (χ0) is 48.0. The summed E-state index contributed by atoms with van der Waals surface area (Å²) in [5.41, 5.74) is 2.06. The highest BCUT2D eigenvalue weighted by molar-refractivity contribution is 9.10. The Hall–Kier alpha value is -3.80. The van der Waals surface area contributed by atoms with Crippen LogP contribution < -0.4 is 40.4 Å². The van der Waals surface area contributed by atoms with Crippen LogP contribution in [0.1, 0.15) is 0 Å². The van der Waals surface area contributed by atoms with E-state index in [1.807, 2.05) is 54.9 Å². The first-order chi connectivity index (χ1) is 31.5. The van der Waals surface area contributed by atoms with Crippen LogP contribution in [0.2, 0.25) is 5.15 Å². The lowest BCUT2D eigenvalue weighted by atomic mass is 10.1. The van der Waals surface area contributed by atoms with Crippen molar-refractivity contribution in [2.24, 2.45) is 0 Å². The predicted molar refractivity (Wildman–Crippen MR) is 278 cm³/mol. The summed E-state index contributed by atoms with van der Waals surface area (Å²) in [7, 11) is 11.4. The fourth-order valence-corrected chi connectivity index (χ4v) is 8.02. The number of halogens is 5. The fourth-order valence-electron chi connectivity index (χ4n) is 7.36. The number of H-pyrrole nitrogens is 2. The smallest absolute Gasteiger partial charge is 0.339 e. The lowest BCUT2D eigenvalue weighted by Crippen LogP contribution is -2.44. The molecule has 9 rings (SSSR count). The van der Waals surface area contributed by atoms with Gasteiger partial charge in [-0.15, -0.1) is 0 Å². The molecule has 6 aromatic rings. The zero-order valence-electron chi connectivity index (χ0n) is 37.9. The molecule has 6 heterocycles. The number of anilines is 2. The molecule has 0 spiro atoms. The van der Waals surface area contributed by atoms with Gasteiger partial charge in [-0.25, -0.2) is 4.98 Å². The normalized spacial score (nSPS) is 15.9. The van der Waals surface area contributed by atoms with Gasteiger partial charge in [0.2, 0.25) is 0 Å². The summed E-state index contributed by atoms with van der Waals surface area (Å²) in [6, 6.07) is 16.9. The molecule has 3 N–H and O–H groups in total. The van der Waals surface area contributed by atoms with Crippen molar-refractivity contribution in [3.05, 3.63) is 104 Å². The van der Waals surface area contributed by atoms with Gasteiger partial charge in [-0.05, 0) is 125 Å². The van der Waals surface area contributed by atoms with Crippen molar-refractivity contribution in [3.8, 4) is 17.2 Å². The molecule has 3 aromatic heterocycles. The lowest BCUT2D eigenvalue weighted by Gasteiger charge is -2.34. The Kier molecular flexibility index (Phi) is 20.6. The molecule has 0 amide bonds. The van der Waals surface area contributed by atoms with Gasteiger partial charge in [0.05, 0.1) is 38.9 Å². The van der Waals surface area contributed by atoms with Gasteiger partial charge in [-0.3, -0.25) is 14.2 Å². The standard InChI is InChI=1S/C15H18ClN3O.C15H19N3O2.C10H8BrNO2.C5H12N2.Cl3OP/c1-18-5-7-19(8-6-18)14-10-17-15(16)12-4-3-11(20-2)9-13(12)14;1-17-5-7-18(8-6-17)14-10-16-15(19)12-4-3-11(20-2)9-13(12)14;1-14-6-2-3-7-8(4-6)9(11)5-12-10(7)13;1-7-4-2-6-3-5-7;1-5(2,3)4/h3-4,9-10H,5-8H2,1-2H3;3-4,9-10H,5-8H2,1-2H3,(H,16,19);2-5H,1H3,(H,12,13);6H,2-5H2,1H3;. The third-order valence-electron chi connectivity index (χ3n) is 11.2. The topological polar surface area (TPSA) is 152 Å². The molecule has 15 nitrogen and oxygen atoms in total. The molecule has 358 valence electrons. The number of hydrogen-bond donors (Lipinski definition) is 3. The van der Waals surface area contributed by atoms with Crippen LogP contribution in [-0.2, 0) is 4.57 Å². The number of aromatic amines is 2. The first-order valence-electron chi connectivity index (χ1n) is 21.1. The summed E-state index contributed by atoms with van der Waals surface area (Å²) in [6.45, 7) is 12.9. The highest BCUT2D eigenvalue weighted by Crippen LogP contribution is 2.61. The highest BCUT2D eigenvalue weighted by atomic mass is 79.9. The van der Waals surface area contributed by atoms with Crippen molar-refractivity contribution in [3.63, 3.8) is 0 Å². The Labute approximate surface area is 413 Å². The lowest BCUT2D eigenvalue weighted by molar-refractivity contribution is 0.291. The molecule has 0 saturated carbocycles. The number of nitrogens with zero attached hydrogens (tertiary/aromatic N) is 6. The second-order valence-corrected chi connectivity index (χ2v) is 23.5. The minimum Gasteiger partial charge on any atom is -0.497 e. The molecule has 3 aromatic carbocycles. The van der Waals surface area contributed by atoms with E-state index in [0.29, 0.717) is 15.9 Å². The predicted octanol–water partition coefficient (Wildman–Crippen LogP) is 8.57. The molecular formula is C45H57BrCl4N9O6P. The maximum absolute atomic E-state index is 11.9. The van der Waals surface area contributed by atoms with E-state index in [2.05, 4.69) is 116 Å². The minimum atomic E-state index is -3.22. The molecule has 21 heteroatoms. The Bertz CT molecular complexity index is 2680. The average molecular weight is 1070 g/mol. The van der Waals surface area contributed by atoms with Crippen LogP contribution in [0.3, 0.4) is 0 Å². The third-order valence-corrected chi connectivity index (χ3v) is 12.2. The van der Waals surface area contributed by atoms with E-state index in [0.717, 1.165) is 120 Å². The number of likely N-dealkylation sites (N-methyl/N-ethyl adjacent to an activating group) is 3. The number of hydrogen-bond acceptors (Lipinski definition) is 13. The molecule has 0 atom stereocenters. The van der Waals surface area contributed by atoms with Gasteiger partial charge in [0.15, 0.2) is 0 Å².